The second kappa shape index (κ2) is 10.3. The Morgan fingerprint density at radius 3 is 2.52 bits per heavy atom. The van der Waals surface area contributed by atoms with Crippen molar-refractivity contribution in [3.8, 4) is 5.88 Å². The quantitative estimate of drug-likeness (QED) is 0.575. The molecule has 7 nitrogen and oxygen atoms in total. The zero-order chi connectivity index (χ0) is 19.8. The van der Waals surface area contributed by atoms with Crippen LogP contribution in [0.4, 0.5) is 0 Å². The van der Waals surface area contributed by atoms with Crippen molar-refractivity contribution in [2.24, 2.45) is 17.4 Å². The number of nitrogens with two attached hydrogens (primary N) is 2. The van der Waals surface area contributed by atoms with Gasteiger partial charge in [-0.1, -0.05) is 25.8 Å². The number of ether oxygens (including phenoxy) is 1. The lowest BCUT2D eigenvalue weighted by molar-refractivity contribution is -0.118. The molecule has 0 spiro atoms. The van der Waals surface area contributed by atoms with E-state index < -0.39 is 5.97 Å². The Bertz CT molecular complexity index is 642. The number of primary amides is 1. The van der Waals surface area contributed by atoms with Gasteiger partial charge in [-0.2, -0.15) is 0 Å². The van der Waals surface area contributed by atoms with Gasteiger partial charge in [0.05, 0.1) is 6.61 Å². The minimum atomic E-state index is -0.997. The van der Waals surface area contributed by atoms with Crippen LogP contribution >= 0.6 is 0 Å². The first-order chi connectivity index (χ1) is 12.9. The molecular formula is C20H31N3O4. The lowest BCUT2D eigenvalue weighted by atomic mass is 10.1. The lowest BCUT2D eigenvalue weighted by Gasteiger charge is -2.10. The number of rotatable bonds is 10. The van der Waals surface area contributed by atoms with E-state index in [1.165, 1.54) is 12.8 Å². The molecule has 1 heterocycles. The standard InChI is InChI=1S/C13H15NO3.C7H16N2O/c15-13(16)11-6-5-10(9-3-4-9)12(14-11)17-7-8-1-2-8;1-2-3-4-6(8)5-7(9)10/h5-6,8-9H,1-4,7H2,(H,15,16);6H,2-5,8H2,1H3,(H2,9,10). The first-order valence-electron chi connectivity index (χ1n) is 9.81. The van der Waals surface area contributed by atoms with Gasteiger partial charge in [0.1, 0.15) is 0 Å². The largest absolute Gasteiger partial charge is 0.477 e. The maximum absolute atomic E-state index is 10.9. The van der Waals surface area contributed by atoms with Gasteiger partial charge in [0.2, 0.25) is 11.8 Å². The number of carbonyl (C=O) groups is 2. The average molecular weight is 377 g/mol. The number of carboxylic acid groups (broad SMARTS) is 1. The van der Waals surface area contributed by atoms with Crippen molar-refractivity contribution in [2.45, 2.75) is 70.3 Å². The van der Waals surface area contributed by atoms with Crippen molar-refractivity contribution in [2.75, 3.05) is 6.61 Å². The molecule has 1 aromatic rings. The van der Waals surface area contributed by atoms with E-state index >= 15 is 0 Å². The fourth-order valence-electron chi connectivity index (χ4n) is 2.70. The number of hydrogen-bond acceptors (Lipinski definition) is 5. The highest BCUT2D eigenvalue weighted by atomic mass is 16.5. The zero-order valence-corrected chi connectivity index (χ0v) is 16.0. The first kappa shape index (κ1) is 21.2. The van der Waals surface area contributed by atoms with Crippen molar-refractivity contribution in [3.63, 3.8) is 0 Å². The molecule has 2 fully saturated rings. The third-order valence-electron chi connectivity index (χ3n) is 4.67. The van der Waals surface area contributed by atoms with Crippen LogP contribution in [-0.2, 0) is 4.79 Å². The Morgan fingerprint density at radius 2 is 2.00 bits per heavy atom. The molecule has 1 unspecified atom stereocenters. The van der Waals surface area contributed by atoms with E-state index in [1.54, 1.807) is 6.07 Å². The van der Waals surface area contributed by atoms with Crippen LogP contribution in [0, 0.1) is 5.92 Å². The molecule has 2 saturated carbocycles. The van der Waals surface area contributed by atoms with Gasteiger partial charge < -0.3 is 21.3 Å². The smallest absolute Gasteiger partial charge is 0.354 e. The van der Waals surface area contributed by atoms with Crippen LogP contribution in [0.1, 0.15) is 80.3 Å². The van der Waals surface area contributed by atoms with Gasteiger partial charge in [-0.05, 0) is 50.0 Å². The molecule has 0 radical (unpaired) electrons. The van der Waals surface area contributed by atoms with E-state index in [4.69, 9.17) is 21.3 Å². The molecule has 0 saturated heterocycles. The van der Waals surface area contributed by atoms with Gasteiger partial charge >= 0.3 is 5.97 Å². The Labute approximate surface area is 160 Å². The molecular weight excluding hydrogens is 346 g/mol. The summed E-state index contributed by atoms with van der Waals surface area (Å²) in [6.07, 6.45) is 8.18. The summed E-state index contributed by atoms with van der Waals surface area (Å²) in [6, 6.07) is 3.40. The van der Waals surface area contributed by atoms with Crippen LogP contribution in [-0.4, -0.2) is 34.6 Å². The second-order valence-electron chi connectivity index (χ2n) is 7.50. The highest BCUT2D eigenvalue weighted by Crippen LogP contribution is 2.44. The van der Waals surface area contributed by atoms with Gasteiger partial charge in [0, 0.05) is 18.0 Å². The molecule has 1 amide bonds. The Morgan fingerprint density at radius 1 is 1.30 bits per heavy atom. The number of pyridine rings is 1. The molecule has 0 aliphatic heterocycles. The number of carboxylic acids is 1. The molecule has 2 aliphatic rings. The van der Waals surface area contributed by atoms with E-state index in [0.29, 0.717) is 30.7 Å². The first-order valence-corrected chi connectivity index (χ1v) is 9.81. The molecule has 7 heteroatoms. The van der Waals surface area contributed by atoms with Gasteiger partial charge in [-0.25, -0.2) is 9.78 Å². The molecule has 2 aliphatic carbocycles. The summed E-state index contributed by atoms with van der Waals surface area (Å²) in [6.45, 7) is 2.77. The third kappa shape index (κ3) is 7.95. The number of amides is 1. The normalized spacial score (nSPS) is 16.8. The van der Waals surface area contributed by atoms with Crippen LogP contribution in [0.25, 0.3) is 0 Å². The third-order valence-corrected chi connectivity index (χ3v) is 4.67. The summed E-state index contributed by atoms with van der Waals surface area (Å²) < 4.78 is 5.68. The van der Waals surface area contributed by atoms with Crippen molar-refractivity contribution in [3.05, 3.63) is 23.4 Å². The Hall–Kier alpha value is -2.15. The van der Waals surface area contributed by atoms with Gasteiger partial charge in [0.25, 0.3) is 0 Å². The van der Waals surface area contributed by atoms with Crippen LogP contribution in [0.3, 0.4) is 0 Å². The number of aromatic nitrogens is 1. The summed E-state index contributed by atoms with van der Waals surface area (Å²) >= 11 is 0. The zero-order valence-electron chi connectivity index (χ0n) is 16.0. The number of nitrogens with zero attached hydrogens (tertiary/aromatic N) is 1. The maximum Gasteiger partial charge on any atom is 0.354 e. The number of unbranched alkanes of at least 4 members (excludes halogenated alkanes) is 1. The monoisotopic (exact) mass is 377 g/mol. The van der Waals surface area contributed by atoms with Crippen LogP contribution < -0.4 is 16.2 Å². The van der Waals surface area contributed by atoms with Crippen molar-refractivity contribution < 1.29 is 19.4 Å². The fourth-order valence-corrected chi connectivity index (χ4v) is 2.70. The minimum Gasteiger partial charge on any atom is -0.477 e. The highest BCUT2D eigenvalue weighted by molar-refractivity contribution is 5.85. The number of hydrogen-bond donors (Lipinski definition) is 3. The molecule has 0 aromatic carbocycles. The fraction of sp³-hybridized carbons (Fsp3) is 0.650. The van der Waals surface area contributed by atoms with Gasteiger partial charge in [-0.15, -0.1) is 0 Å². The molecule has 0 bridgehead atoms. The maximum atomic E-state index is 10.9. The minimum absolute atomic E-state index is 0.0301. The van der Waals surface area contributed by atoms with Crippen LogP contribution in [0.15, 0.2) is 12.1 Å². The predicted octanol–water partition coefficient (Wildman–Crippen LogP) is 2.83. The summed E-state index contributed by atoms with van der Waals surface area (Å²) in [5.74, 6) is 0.420. The predicted molar refractivity (Wildman–Crippen MR) is 103 cm³/mol. The second-order valence-corrected chi connectivity index (χ2v) is 7.50. The van der Waals surface area contributed by atoms with E-state index in [9.17, 15) is 9.59 Å². The van der Waals surface area contributed by atoms with E-state index in [2.05, 4.69) is 11.9 Å². The Balaban J connectivity index is 0.000000227. The molecule has 27 heavy (non-hydrogen) atoms. The molecule has 1 aromatic heterocycles. The van der Waals surface area contributed by atoms with Crippen molar-refractivity contribution in [1.29, 1.82) is 0 Å². The summed E-state index contributed by atoms with van der Waals surface area (Å²) in [7, 11) is 0. The highest BCUT2D eigenvalue weighted by Gasteiger charge is 2.29. The Kier molecular flexibility index (Phi) is 8.03. The molecule has 3 rings (SSSR count). The van der Waals surface area contributed by atoms with E-state index in [-0.39, 0.29) is 17.6 Å². The summed E-state index contributed by atoms with van der Waals surface area (Å²) in [5, 5.41) is 8.93. The van der Waals surface area contributed by atoms with Gasteiger partial charge in [-0.3, -0.25) is 4.79 Å². The number of carbonyl (C=O) groups excluding carboxylic acids is 1. The summed E-state index contributed by atoms with van der Waals surface area (Å²) in [5.41, 5.74) is 11.7. The topological polar surface area (TPSA) is 129 Å². The van der Waals surface area contributed by atoms with Crippen LogP contribution in [0.5, 0.6) is 5.88 Å². The van der Waals surface area contributed by atoms with Gasteiger partial charge in [0.15, 0.2) is 5.69 Å². The summed E-state index contributed by atoms with van der Waals surface area (Å²) in [4.78, 5) is 25.3. The molecule has 1 atom stereocenters. The van der Waals surface area contributed by atoms with Crippen molar-refractivity contribution in [1.82, 2.24) is 4.98 Å². The SMILES string of the molecule is CCCCC(N)CC(N)=O.O=C(O)c1ccc(C2CC2)c(OCC2CC2)n1. The lowest BCUT2D eigenvalue weighted by Crippen LogP contribution is -2.27. The van der Waals surface area contributed by atoms with Crippen LogP contribution in [0.2, 0.25) is 0 Å². The van der Waals surface area contributed by atoms with Crippen molar-refractivity contribution >= 4 is 11.9 Å². The molecule has 5 N–H and O–H groups in total. The van der Waals surface area contributed by atoms with E-state index in [0.717, 1.165) is 37.7 Å². The average Bonchev–Trinajstić information content (AvgIpc) is 3.51. The number of aromatic carboxylic acids is 1. The molecule has 150 valence electrons. The van der Waals surface area contributed by atoms with E-state index in [1.807, 2.05) is 6.07 Å².